The average Bonchev–Trinajstić information content (AvgIpc) is 2.87. The lowest BCUT2D eigenvalue weighted by molar-refractivity contribution is 0.0890. The summed E-state index contributed by atoms with van der Waals surface area (Å²) in [7, 11) is 0. The Balaban J connectivity index is 1.69. The Hall–Kier alpha value is -2.46. The smallest absolute Gasteiger partial charge is 0.178 e. The van der Waals surface area contributed by atoms with E-state index in [1.54, 1.807) is 24.3 Å². The molecular formula is C19H17NO3. The predicted octanol–water partition coefficient (Wildman–Crippen LogP) is 2.69. The summed E-state index contributed by atoms with van der Waals surface area (Å²) >= 11 is 0. The summed E-state index contributed by atoms with van der Waals surface area (Å²) in [6.07, 6.45) is 0. The molecule has 0 atom stereocenters. The Kier molecular flexibility index (Phi) is 3.46. The van der Waals surface area contributed by atoms with Crippen LogP contribution in [0.15, 0.2) is 48.5 Å². The lowest BCUT2D eigenvalue weighted by Gasteiger charge is -2.29. The topological polar surface area (TPSA) is 46.6 Å². The van der Waals surface area contributed by atoms with Crippen molar-refractivity contribution in [2.45, 2.75) is 5.92 Å². The second-order valence-electron chi connectivity index (χ2n) is 5.90. The van der Waals surface area contributed by atoms with Gasteiger partial charge in [0.1, 0.15) is 5.92 Å². The second-order valence-corrected chi connectivity index (χ2v) is 5.90. The zero-order valence-electron chi connectivity index (χ0n) is 12.7. The van der Waals surface area contributed by atoms with E-state index in [1.165, 1.54) is 0 Å². The largest absolute Gasteiger partial charge is 0.378 e. The molecule has 0 spiro atoms. The number of Topliss-reactive ketones (excluding diaryl/α,β-unsaturated/α-hetero) is 2. The molecule has 0 N–H and O–H groups in total. The number of fused-ring (bicyclic) bond motifs is 1. The van der Waals surface area contributed by atoms with Gasteiger partial charge in [-0.1, -0.05) is 36.4 Å². The molecule has 1 aliphatic carbocycles. The van der Waals surface area contributed by atoms with Crippen LogP contribution in [0.2, 0.25) is 0 Å². The van der Waals surface area contributed by atoms with Crippen molar-refractivity contribution in [1.29, 1.82) is 0 Å². The monoisotopic (exact) mass is 307 g/mol. The van der Waals surface area contributed by atoms with E-state index in [2.05, 4.69) is 4.90 Å². The second kappa shape index (κ2) is 5.63. The van der Waals surface area contributed by atoms with Crippen LogP contribution in [0.25, 0.3) is 0 Å². The standard InChI is InChI=1S/C19H17NO3/c21-18-15-6-1-2-7-16(15)19(22)17(18)13-4-3-5-14(12-13)20-8-10-23-11-9-20/h1-7,12,17H,8-11H2. The zero-order valence-corrected chi connectivity index (χ0v) is 12.7. The van der Waals surface area contributed by atoms with Crippen LogP contribution in [0.3, 0.4) is 0 Å². The Morgan fingerprint density at radius 2 is 1.52 bits per heavy atom. The highest BCUT2D eigenvalue weighted by atomic mass is 16.5. The van der Waals surface area contributed by atoms with Crippen molar-refractivity contribution >= 4 is 17.3 Å². The van der Waals surface area contributed by atoms with Gasteiger partial charge in [0.15, 0.2) is 11.6 Å². The van der Waals surface area contributed by atoms with E-state index in [0.29, 0.717) is 24.3 Å². The van der Waals surface area contributed by atoms with Gasteiger partial charge in [-0.05, 0) is 17.7 Å². The fourth-order valence-corrected chi connectivity index (χ4v) is 3.37. The highest BCUT2D eigenvalue weighted by Gasteiger charge is 2.39. The number of hydrogen-bond donors (Lipinski definition) is 0. The number of anilines is 1. The van der Waals surface area contributed by atoms with Crippen LogP contribution in [0.1, 0.15) is 32.2 Å². The molecule has 0 radical (unpaired) electrons. The number of benzene rings is 2. The number of ketones is 2. The van der Waals surface area contributed by atoms with Crippen LogP contribution in [-0.2, 0) is 4.74 Å². The fourth-order valence-electron chi connectivity index (χ4n) is 3.37. The average molecular weight is 307 g/mol. The fraction of sp³-hybridized carbons (Fsp3) is 0.263. The molecule has 0 aromatic heterocycles. The van der Waals surface area contributed by atoms with Gasteiger partial charge < -0.3 is 9.64 Å². The van der Waals surface area contributed by atoms with Crippen LogP contribution in [0, 0.1) is 0 Å². The van der Waals surface area contributed by atoms with Crippen LogP contribution < -0.4 is 4.90 Å². The van der Waals surface area contributed by atoms with Crippen molar-refractivity contribution in [2.75, 3.05) is 31.2 Å². The van der Waals surface area contributed by atoms with E-state index in [9.17, 15) is 9.59 Å². The van der Waals surface area contributed by atoms with Gasteiger partial charge in [0.2, 0.25) is 0 Å². The number of hydrogen-bond acceptors (Lipinski definition) is 4. The van der Waals surface area contributed by atoms with Gasteiger partial charge in [-0.25, -0.2) is 0 Å². The first-order valence-corrected chi connectivity index (χ1v) is 7.86. The van der Waals surface area contributed by atoms with Crippen LogP contribution >= 0.6 is 0 Å². The van der Waals surface area contributed by atoms with E-state index in [0.717, 1.165) is 24.3 Å². The minimum atomic E-state index is -0.701. The minimum Gasteiger partial charge on any atom is -0.378 e. The van der Waals surface area contributed by atoms with Crippen LogP contribution in [-0.4, -0.2) is 37.9 Å². The number of carbonyl (C=O) groups is 2. The van der Waals surface area contributed by atoms with E-state index in [4.69, 9.17) is 4.74 Å². The summed E-state index contributed by atoms with van der Waals surface area (Å²) in [6, 6.07) is 14.9. The maximum atomic E-state index is 12.6. The normalized spacial score (nSPS) is 18.3. The maximum absolute atomic E-state index is 12.6. The number of carbonyl (C=O) groups excluding carboxylic acids is 2. The summed E-state index contributed by atoms with van der Waals surface area (Å²) in [5.74, 6) is -0.886. The van der Waals surface area contributed by atoms with Crippen LogP contribution in [0.5, 0.6) is 0 Å². The van der Waals surface area contributed by atoms with Gasteiger partial charge in [0, 0.05) is 29.9 Å². The van der Waals surface area contributed by atoms with Gasteiger partial charge in [-0.15, -0.1) is 0 Å². The molecule has 1 aliphatic heterocycles. The number of nitrogens with zero attached hydrogens (tertiary/aromatic N) is 1. The minimum absolute atomic E-state index is 0.0928. The molecule has 0 amide bonds. The Morgan fingerprint density at radius 3 is 2.17 bits per heavy atom. The molecule has 0 saturated carbocycles. The third kappa shape index (κ3) is 2.35. The summed E-state index contributed by atoms with van der Waals surface area (Å²) < 4.78 is 5.38. The highest BCUT2D eigenvalue weighted by Crippen LogP contribution is 2.35. The Morgan fingerprint density at radius 1 is 0.870 bits per heavy atom. The molecule has 1 heterocycles. The first kappa shape index (κ1) is 14.2. The lowest BCUT2D eigenvalue weighted by atomic mass is 9.94. The Bertz CT molecular complexity index is 743. The van der Waals surface area contributed by atoms with Crippen molar-refractivity contribution < 1.29 is 14.3 Å². The molecule has 4 rings (SSSR count). The number of rotatable bonds is 2. The molecule has 1 fully saturated rings. The number of morpholine rings is 1. The van der Waals surface area contributed by atoms with Crippen molar-refractivity contribution in [1.82, 2.24) is 0 Å². The van der Waals surface area contributed by atoms with E-state index >= 15 is 0 Å². The van der Waals surface area contributed by atoms with Gasteiger partial charge in [-0.3, -0.25) is 9.59 Å². The molecule has 2 aliphatic rings. The molecule has 4 nitrogen and oxygen atoms in total. The third-order valence-corrected chi connectivity index (χ3v) is 4.56. The third-order valence-electron chi connectivity index (χ3n) is 4.56. The van der Waals surface area contributed by atoms with E-state index < -0.39 is 5.92 Å². The molecule has 0 bridgehead atoms. The SMILES string of the molecule is O=C1c2ccccc2C(=O)C1c1cccc(N2CCOCC2)c1. The molecule has 116 valence electrons. The first-order chi connectivity index (χ1) is 11.3. The highest BCUT2D eigenvalue weighted by molar-refractivity contribution is 6.29. The summed E-state index contributed by atoms with van der Waals surface area (Å²) in [5.41, 5.74) is 2.90. The molecule has 4 heteroatoms. The summed E-state index contributed by atoms with van der Waals surface area (Å²) in [4.78, 5) is 27.5. The molecule has 0 unspecified atom stereocenters. The Labute approximate surface area is 134 Å². The van der Waals surface area contributed by atoms with Crippen molar-refractivity contribution in [2.24, 2.45) is 0 Å². The first-order valence-electron chi connectivity index (χ1n) is 7.86. The van der Waals surface area contributed by atoms with Crippen molar-refractivity contribution in [3.8, 4) is 0 Å². The van der Waals surface area contributed by atoms with Gasteiger partial charge in [0.05, 0.1) is 13.2 Å². The van der Waals surface area contributed by atoms with Crippen molar-refractivity contribution in [3.05, 3.63) is 65.2 Å². The lowest BCUT2D eigenvalue weighted by Crippen LogP contribution is -2.36. The van der Waals surface area contributed by atoms with E-state index in [-0.39, 0.29) is 11.6 Å². The molecular weight excluding hydrogens is 290 g/mol. The molecule has 1 saturated heterocycles. The molecule has 2 aromatic carbocycles. The quantitative estimate of drug-likeness (QED) is 0.800. The van der Waals surface area contributed by atoms with Gasteiger partial charge in [0.25, 0.3) is 0 Å². The number of ether oxygens (including phenoxy) is 1. The molecule has 2 aromatic rings. The maximum Gasteiger partial charge on any atom is 0.178 e. The van der Waals surface area contributed by atoms with Crippen LogP contribution in [0.4, 0.5) is 5.69 Å². The van der Waals surface area contributed by atoms with Gasteiger partial charge >= 0.3 is 0 Å². The zero-order chi connectivity index (χ0) is 15.8. The molecule has 23 heavy (non-hydrogen) atoms. The van der Waals surface area contributed by atoms with Crippen molar-refractivity contribution in [3.63, 3.8) is 0 Å². The predicted molar refractivity (Wildman–Crippen MR) is 87.3 cm³/mol. The summed E-state index contributed by atoms with van der Waals surface area (Å²) in [6.45, 7) is 3.07. The van der Waals surface area contributed by atoms with Gasteiger partial charge in [-0.2, -0.15) is 0 Å². The van der Waals surface area contributed by atoms with E-state index in [1.807, 2.05) is 24.3 Å². The summed E-state index contributed by atoms with van der Waals surface area (Å²) in [5, 5.41) is 0.